The molecular weight excluding hydrogens is 319 g/mol. The number of piperazine rings is 1. The van der Waals surface area contributed by atoms with E-state index in [9.17, 15) is 4.39 Å². The summed E-state index contributed by atoms with van der Waals surface area (Å²) in [6.07, 6.45) is 1.71. The zero-order valence-corrected chi connectivity index (χ0v) is 13.4. The number of carboxylic acids is 2. The fourth-order valence-corrected chi connectivity index (χ4v) is 2.65. The average Bonchev–Trinajstić information content (AvgIpc) is 2.94. The van der Waals surface area contributed by atoms with Crippen LogP contribution in [0.2, 0.25) is 0 Å². The second kappa shape index (κ2) is 7.31. The number of furan rings is 1. The Kier molecular flexibility index (Phi) is 5.40. The predicted molar refractivity (Wildman–Crippen MR) is 86.0 cm³/mol. The number of nitrogens with zero attached hydrogens (tertiary/aromatic N) is 1. The Bertz CT molecular complexity index is 753. The minimum atomic E-state index is -1.82. The van der Waals surface area contributed by atoms with Gasteiger partial charge in [-0.15, -0.1) is 0 Å². The first-order valence-corrected chi connectivity index (χ1v) is 7.41. The minimum absolute atomic E-state index is 0.152. The Balaban J connectivity index is 0.000000301. The van der Waals surface area contributed by atoms with Crippen molar-refractivity contribution in [1.82, 2.24) is 5.32 Å². The van der Waals surface area contributed by atoms with E-state index in [2.05, 4.69) is 10.2 Å². The maximum absolute atomic E-state index is 14.0. The first-order valence-electron chi connectivity index (χ1n) is 7.41. The van der Waals surface area contributed by atoms with Gasteiger partial charge in [0.1, 0.15) is 5.82 Å². The molecule has 0 bridgehead atoms. The third-order valence-electron chi connectivity index (χ3n) is 3.84. The first-order chi connectivity index (χ1) is 11.3. The number of carboxylic acid groups (broad SMARTS) is 2. The Hall–Kier alpha value is -2.61. The summed E-state index contributed by atoms with van der Waals surface area (Å²) in [5.74, 6) is -3.80. The van der Waals surface area contributed by atoms with Gasteiger partial charge in [0.15, 0.2) is 5.58 Å². The maximum atomic E-state index is 14.0. The number of carbonyl (C=O) groups is 2. The van der Waals surface area contributed by atoms with Gasteiger partial charge in [-0.2, -0.15) is 0 Å². The molecule has 3 rings (SSSR count). The molecule has 130 valence electrons. The lowest BCUT2D eigenvalue weighted by Gasteiger charge is -2.29. The number of hydrogen-bond acceptors (Lipinski definition) is 5. The summed E-state index contributed by atoms with van der Waals surface area (Å²) >= 11 is 0. The quantitative estimate of drug-likeness (QED) is 0.681. The largest absolute Gasteiger partial charge is 0.473 e. The number of aryl methyl sites for hydroxylation is 2. The van der Waals surface area contributed by atoms with E-state index in [4.69, 9.17) is 24.2 Å². The monoisotopic (exact) mass is 338 g/mol. The lowest BCUT2D eigenvalue weighted by Crippen LogP contribution is -2.43. The van der Waals surface area contributed by atoms with E-state index >= 15 is 0 Å². The molecule has 0 radical (unpaired) electrons. The van der Waals surface area contributed by atoms with Gasteiger partial charge in [0.25, 0.3) is 0 Å². The van der Waals surface area contributed by atoms with Crippen molar-refractivity contribution in [3.05, 3.63) is 29.3 Å². The first kappa shape index (κ1) is 17.7. The Morgan fingerprint density at radius 3 is 2.33 bits per heavy atom. The van der Waals surface area contributed by atoms with Crippen molar-refractivity contribution in [1.29, 1.82) is 0 Å². The third kappa shape index (κ3) is 3.65. The summed E-state index contributed by atoms with van der Waals surface area (Å²) in [5, 5.41) is 19.0. The van der Waals surface area contributed by atoms with Crippen LogP contribution in [0.5, 0.6) is 0 Å². The van der Waals surface area contributed by atoms with Crippen molar-refractivity contribution < 1.29 is 28.6 Å². The summed E-state index contributed by atoms with van der Waals surface area (Å²) in [6, 6.07) is 1.60. The summed E-state index contributed by atoms with van der Waals surface area (Å²) in [4.78, 5) is 20.4. The molecule has 1 aromatic heterocycles. The van der Waals surface area contributed by atoms with Crippen LogP contribution in [-0.4, -0.2) is 48.3 Å². The van der Waals surface area contributed by atoms with Crippen molar-refractivity contribution in [2.75, 3.05) is 31.1 Å². The number of rotatable bonds is 1. The highest BCUT2D eigenvalue weighted by Crippen LogP contribution is 2.34. The lowest BCUT2D eigenvalue weighted by molar-refractivity contribution is -0.159. The maximum Gasteiger partial charge on any atom is 0.414 e. The molecule has 2 heterocycles. The molecule has 0 saturated carbocycles. The highest BCUT2D eigenvalue weighted by molar-refractivity contribution is 6.27. The van der Waals surface area contributed by atoms with Crippen LogP contribution in [0.4, 0.5) is 10.1 Å². The van der Waals surface area contributed by atoms with Gasteiger partial charge in [-0.05, 0) is 25.0 Å². The number of anilines is 1. The summed E-state index contributed by atoms with van der Waals surface area (Å²) in [5.41, 5.74) is 3.37. The highest BCUT2D eigenvalue weighted by Gasteiger charge is 2.20. The fraction of sp³-hybridized carbons (Fsp3) is 0.375. The third-order valence-corrected chi connectivity index (χ3v) is 3.84. The van der Waals surface area contributed by atoms with Crippen LogP contribution in [0.1, 0.15) is 11.1 Å². The lowest BCUT2D eigenvalue weighted by atomic mass is 10.1. The molecule has 1 fully saturated rings. The topological polar surface area (TPSA) is 103 Å². The van der Waals surface area contributed by atoms with Gasteiger partial charge >= 0.3 is 11.9 Å². The van der Waals surface area contributed by atoms with Gasteiger partial charge < -0.3 is 24.8 Å². The molecule has 7 nitrogen and oxygen atoms in total. The molecule has 1 saturated heterocycles. The SMILES string of the molecule is Cc1coc2c(N3CCNCC3)cc(F)c(C)c12.O=C(O)C(=O)O. The van der Waals surface area contributed by atoms with Crippen LogP contribution in [-0.2, 0) is 9.59 Å². The molecule has 1 aliphatic rings. The number of aliphatic carboxylic acids is 2. The summed E-state index contributed by atoms with van der Waals surface area (Å²) in [7, 11) is 0. The van der Waals surface area contributed by atoms with Crippen LogP contribution >= 0.6 is 0 Å². The molecule has 8 heteroatoms. The van der Waals surface area contributed by atoms with Gasteiger partial charge in [-0.1, -0.05) is 0 Å². The normalized spacial score (nSPS) is 14.2. The second-order valence-corrected chi connectivity index (χ2v) is 5.47. The van der Waals surface area contributed by atoms with Crippen molar-refractivity contribution >= 4 is 28.6 Å². The van der Waals surface area contributed by atoms with Crippen LogP contribution in [0.3, 0.4) is 0 Å². The van der Waals surface area contributed by atoms with Crippen molar-refractivity contribution in [2.45, 2.75) is 13.8 Å². The molecule has 0 aliphatic carbocycles. The van der Waals surface area contributed by atoms with Crippen LogP contribution in [0, 0.1) is 19.7 Å². The molecule has 0 unspecified atom stereocenters. The van der Waals surface area contributed by atoms with E-state index < -0.39 is 11.9 Å². The average molecular weight is 338 g/mol. The molecule has 0 spiro atoms. The van der Waals surface area contributed by atoms with Gasteiger partial charge in [0.2, 0.25) is 0 Å². The van der Waals surface area contributed by atoms with E-state index in [0.29, 0.717) is 5.56 Å². The van der Waals surface area contributed by atoms with E-state index in [-0.39, 0.29) is 5.82 Å². The van der Waals surface area contributed by atoms with E-state index in [1.165, 1.54) is 0 Å². The summed E-state index contributed by atoms with van der Waals surface area (Å²) < 4.78 is 19.7. The number of fused-ring (bicyclic) bond motifs is 1. The zero-order valence-electron chi connectivity index (χ0n) is 13.4. The van der Waals surface area contributed by atoms with Gasteiger partial charge in [0, 0.05) is 37.6 Å². The summed E-state index contributed by atoms with van der Waals surface area (Å²) in [6.45, 7) is 7.39. The van der Waals surface area contributed by atoms with E-state index in [1.807, 2.05) is 13.8 Å². The standard InChI is InChI=1S/C14H17FN2O.C2H2O4/c1-9-8-18-14-12(17-5-3-16-4-6-17)7-11(15)10(2)13(9)14;3-1(4)2(5)6/h7-8,16H,3-6H2,1-2H3;(H,3,4)(H,5,6). The Labute approximate surface area is 137 Å². The minimum Gasteiger partial charge on any atom is -0.473 e. The van der Waals surface area contributed by atoms with Crippen LogP contribution < -0.4 is 10.2 Å². The molecule has 1 aliphatic heterocycles. The molecule has 3 N–H and O–H groups in total. The molecule has 0 amide bonds. The van der Waals surface area contributed by atoms with Gasteiger partial charge in [-0.25, -0.2) is 14.0 Å². The number of benzene rings is 1. The second-order valence-electron chi connectivity index (χ2n) is 5.47. The van der Waals surface area contributed by atoms with Crippen molar-refractivity contribution in [3.63, 3.8) is 0 Å². The molecule has 0 atom stereocenters. The predicted octanol–water partition coefficient (Wildman–Crippen LogP) is 1.75. The number of halogens is 1. The van der Waals surface area contributed by atoms with Gasteiger partial charge in [0.05, 0.1) is 12.0 Å². The smallest absolute Gasteiger partial charge is 0.414 e. The fourth-order valence-electron chi connectivity index (χ4n) is 2.65. The zero-order chi connectivity index (χ0) is 17.9. The number of hydrogen-bond donors (Lipinski definition) is 3. The van der Waals surface area contributed by atoms with Crippen molar-refractivity contribution in [3.8, 4) is 0 Å². The molecule has 24 heavy (non-hydrogen) atoms. The Morgan fingerprint density at radius 2 is 1.79 bits per heavy atom. The Morgan fingerprint density at radius 1 is 1.21 bits per heavy atom. The molecule has 2 aromatic rings. The highest BCUT2D eigenvalue weighted by atomic mass is 19.1. The van der Waals surface area contributed by atoms with E-state index in [0.717, 1.165) is 48.4 Å². The number of nitrogens with one attached hydrogen (secondary N) is 1. The van der Waals surface area contributed by atoms with Crippen LogP contribution in [0.15, 0.2) is 16.7 Å². The van der Waals surface area contributed by atoms with Crippen molar-refractivity contribution in [2.24, 2.45) is 0 Å². The van der Waals surface area contributed by atoms with E-state index in [1.54, 1.807) is 12.3 Å². The van der Waals surface area contributed by atoms with Gasteiger partial charge in [-0.3, -0.25) is 0 Å². The molecular formula is C16H19FN2O5. The molecule has 1 aromatic carbocycles. The van der Waals surface area contributed by atoms with Crippen LogP contribution in [0.25, 0.3) is 11.0 Å².